The number of halogens is 2. The van der Waals surface area contributed by atoms with Gasteiger partial charge in [-0.15, -0.1) is 0 Å². The summed E-state index contributed by atoms with van der Waals surface area (Å²) in [6.45, 7) is 8.91. The van der Waals surface area contributed by atoms with E-state index in [9.17, 15) is 9.59 Å². The lowest BCUT2D eigenvalue weighted by Gasteiger charge is -2.19. The Labute approximate surface area is 180 Å². The number of carbonyl (C=O) groups excluding carboxylic acids is 2. The normalized spacial score (nSPS) is 11.7. The maximum absolute atomic E-state index is 11.9. The summed E-state index contributed by atoms with van der Waals surface area (Å²) >= 11 is 12.5. The number of benzene rings is 1. The topological polar surface area (TPSA) is 70.4 Å². The lowest BCUT2D eigenvalue weighted by Crippen LogP contribution is -2.27. The van der Waals surface area contributed by atoms with Gasteiger partial charge in [-0.25, -0.2) is 9.59 Å². The summed E-state index contributed by atoms with van der Waals surface area (Å²) in [6.07, 6.45) is 2.87. The summed E-state index contributed by atoms with van der Waals surface area (Å²) in [4.78, 5) is 23.5. The fourth-order valence-corrected chi connectivity index (χ4v) is 3.16. The number of hydrogen-bond donors (Lipinski definition) is 0. The van der Waals surface area contributed by atoms with Gasteiger partial charge >= 0.3 is 11.9 Å². The van der Waals surface area contributed by atoms with Gasteiger partial charge in [-0.2, -0.15) is 5.10 Å². The molecule has 1 aromatic carbocycles. The van der Waals surface area contributed by atoms with Crippen LogP contribution in [0.2, 0.25) is 10.0 Å². The number of aryl methyl sites for hydroxylation is 1. The molecule has 0 bridgehead atoms. The molecule has 2 aromatic rings. The molecule has 1 heterocycles. The first-order chi connectivity index (χ1) is 13.5. The zero-order chi connectivity index (χ0) is 21.8. The number of nitrogens with zero attached hydrogens (tertiary/aromatic N) is 2. The summed E-state index contributed by atoms with van der Waals surface area (Å²) in [7, 11) is 0. The Morgan fingerprint density at radius 1 is 1.17 bits per heavy atom. The third-order valence-corrected chi connectivity index (χ3v) is 4.65. The van der Waals surface area contributed by atoms with Crippen molar-refractivity contribution in [3.05, 3.63) is 56.8 Å². The van der Waals surface area contributed by atoms with Crippen molar-refractivity contribution in [3.8, 4) is 0 Å². The Morgan fingerprint density at radius 3 is 2.38 bits per heavy atom. The van der Waals surface area contributed by atoms with Crippen molar-refractivity contribution >= 4 is 41.2 Å². The van der Waals surface area contributed by atoms with Crippen LogP contribution in [0.3, 0.4) is 0 Å². The highest BCUT2D eigenvalue weighted by Gasteiger charge is 2.17. The number of hydrogen-bond acceptors (Lipinski definition) is 5. The van der Waals surface area contributed by atoms with Crippen LogP contribution in [0.15, 0.2) is 24.3 Å². The monoisotopic (exact) mass is 438 g/mol. The molecule has 0 aliphatic carbocycles. The molecule has 0 amide bonds. The van der Waals surface area contributed by atoms with Crippen molar-refractivity contribution in [2.45, 2.75) is 46.8 Å². The van der Waals surface area contributed by atoms with Gasteiger partial charge in [0.05, 0.1) is 12.2 Å². The van der Waals surface area contributed by atoms with E-state index in [-0.39, 0.29) is 0 Å². The lowest BCUT2D eigenvalue weighted by atomic mass is 10.1. The lowest BCUT2D eigenvalue weighted by molar-refractivity contribution is -0.164. The van der Waals surface area contributed by atoms with E-state index in [0.717, 1.165) is 22.5 Å². The highest BCUT2D eigenvalue weighted by atomic mass is 35.5. The zero-order valence-corrected chi connectivity index (χ0v) is 18.6. The fraction of sp³-hybridized carbons (Fsp3) is 0.381. The summed E-state index contributed by atoms with van der Waals surface area (Å²) in [6, 6.07) is 5.33. The number of carbonyl (C=O) groups is 2. The molecule has 0 aliphatic rings. The molecule has 6 nitrogen and oxygen atoms in total. The van der Waals surface area contributed by atoms with Gasteiger partial charge in [-0.05, 0) is 52.8 Å². The smallest absolute Gasteiger partial charge is 0.344 e. The Hall–Kier alpha value is -2.31. The summed E-state index contributed by atoms with van der Waals surface area (Å²) in [5.41, 5.74) is 2.50. The van der Waals surface area contributed by atoms with Gasteiger partial charge in [0.1, 0.15) is 5.60 Å². The average Bonchev–Trinajstić information content (AvgIpc) is 2.86. The number of esters is 2. The van der Waals surface area contributed by atoms with E-state index in [0.29, 0.717) is 16.6 Å². The first kappa shape index (κ1) is 23.0. The summed E-state index contributed by atoms with van der Waals surface area (Å²) in [5.74, 6) is -1.24. The van der Waals surface area contributed by atoms with E-state index in [2.05, 4.69) is 5.10 Å². The first-order valence-electron chi connectivity index (χ1n) is 9.01. The van der Waals surface area contributed by atoms with E-state index in [1.54, 1.807) is 49.7 Å². The minimum Gasteiger partial charge on any atom is -0.457 e. The first-order valence-corrected chi connectivity index (χ1v) is 9.77. The van der Waals surface area contributed by atoms with Crippen LogP contribution in [-0.2, 0) is 25.6 Å². The van der Waals surface area contributed by atoms with Crippen LogP contribution in [0.5, 0.6) is 0 Å². The highest BCUT2D eigenvalue weighted by Crippen LogP contribution is 2.26. The van der Waals surface area contributed by atoms with Crippen molar-refractivity contribution < 1.29 is 19.1 Å². The molecule has 0 fully saturated rings. The van der Waals surface area contributed by atoms with E-state index < -0.39 is 24.1 Å². The largest absolute Gasteiger partial charge is 0.457 e. The molecule has 1 aromatic heterocycles. The van der Waals surface area contributed by atoms with E-state index >= 15 is 0 Å². The Bertz CT molecular complexity index is 923. The second kappa shape index (κ2) is 9.46. The van der Waals surface area contributed by atoms with Crippen molar-refractivity contribution in [2.75, 3.05) is 6.61 Å². The van der Waals surface area contributed by atoms with Gasteiger partial charge in [0, 0.05) is 32.9 Å². The van der Waals surface area contributed by atoms with Crippen LogP contribution in [0, 0.1) is 13.8 Å². The minimum atomic E-state index is -0.642. The molecular weight excluding hydrogens is 415 g/mol. The molecule has 0 N–H and O–H groups in total. The molecule has 0 spiro atoms. The molecule has 0 saturated carbocycles. The summed E-state index contributed by atoms with van der Waals surface area (Å²) < 4.78 is 11.8. The molecule has 8 heteroatoms. The van der Waals surface area contributed by atoms with Crippen molar-refractivity contribution in [1.29, 1.82) is 0 Å². The van der Waals surface area contributed by atoms with Gasteiger partial charge in [0.2, 0.25) is 0 Å². The fourth-order valence-electron chi connectivity index (χ4n) is 2.64. The molecule has 2 rings (SSSR count). The van der Waals surface area contributed by atoms with E-state index in [1.807, 2.05) is 13.8 Å². The number of aromatic nitrogens is 2. The molecule has 0 aliphatic heterocycles. The van der Waals surface area contributed by atoms with Gasteiger partial charge in [0.15, 0.2) is 6.61 Å². The Balaban J connectivity index is 2.06. The van der Waals surface area contributed by atoms with E-state index in [4.69, 9.17) is 32.7 Å². The second-order valence-corrected chi connectivity index (χ2v) is 8.28. The van der Waals surface area contributed by atoms with Gasteiger partial charge in [0.25, 0.3) is 0 Å². The molecule has 29 heavy (non-hydrogen) atoms. The predicted molar refractivity (Wildman–Crippen MR) is 113 cm³/mol. The average molecular weight is 439 g/mol. The third-order valence-electron chi connectivity index (χ3n) is 3.95. The van der Waals surface area contributed by atoms with Crippen LogP contribution >= 0.6 is 23.2 Å². The quantitative estimate of drug-likeness (QED) is 0.480. The predicted octanol–water partition coefficient (Wildman–Crippen LogP) is 4.75. The van der Waals surface area contributed by atoms with Crippen molar-refractivity contribution in [2.24, 2.45) is 0 Å². The van der Waals surface area contributed by atoms with Gasteiger partial charge in [-0.1, -0.05) is 29.3 Å². The van der Waals surface area contributed by atoms with Crippen LogP contribution in [0.25, 0.3) is 6.08 Å². The van der Waals surface area contributed by atoms with Crippen LogP contribution in [0.4, 0.5) is 0 Å². The minimum absolute atomic E-state index is 0.405. The summed E-state index contributed by atoms with van der Waals surface area (Å²) in [5, 5.41) is 5.63. The van der Waals surface area contributed by atoms with Crippen LogP contribution < -0.4 is 0 Å². The molecule has 0 saturated heterocycles. The molecule has 0 radical (unpaired) electrons. The zero-order valence-electron chi connectivity index (χ0n) is 17.1. The van der Waals surface area contributed by atoms with Crippen LogP contribution in [-0.4, -0.2) is 33.9 Å². The van der Waals surface area contributed by atoms with Gasteiger partial charge in [-0.3, -0.25) is 4.68 Å². The molecular formula is C21H24Cl2N2O4. The molecule has 0 atom stereocenters. The molecule has 0 unspecified atom stereocenters. The maximum atomic E-state index is 11.9. The van der Waals surface area contributed by atoms with Crippen molar-refractivity contribution in [3.63, 3.8) is 0 Å². The Kier molecular flexibility index (Phi) is 7.49. The third kappa shape index (κ3) is 6.61. The van der Waals surface area contributed by atoms with Gasteiger partial charge < -0.3 is 9.47 Å². The standard InChI is InChI=1S/C21H24Cl2N2O4/c1-13-15(9-10-19(26)28-12-20(27)29-21(3,4)5)14(2)25(24-13)11-16-17(22)7-6-8-18(16)23/h6-10H,11-12H2,1-5H3. The number of ether oxygens (including phenoxy) is 2. The van der Waals surface area contributed by atoms with Crippen LogP contribution in [0.1, 0.15) is 43.3 Å². The second-order valence-electron chi connectivity index (χ2n) is 7.47. The Morgan fingerprint density at radius 2 is 1.79 bits per heavy atom. The SMILES string of the molecule is Cc1nn(Cc2c(Cl)cccc2Cl)c(C)c1C=CC(=O)OCC(=O)OC(C)(C)C. The maximum Gasteiger partial charge on any atom is 0.344 e. The van der Waals surface area contributed by atoms with Crippen molar-refractivity contribution in [1.82, 2.24) is 9.78 Å². The van der Waals surface area contributed by atoms with E-state index in [1.165, 1.54) is 6.08 Å². The highest BCUT2D eigenvalue weighted by molar-refractivity contribution is 6.35. The number of rotatable bonds is 6. The molecule has 156 valence electrons.